The van der Waals surface area contributed by atoms with Crippen LogP contribution in [0.2, 0.25) is 0 Å². The Morgan fingerprint density at radius 2 is 1.36 bits per heavy atom. The third-order valence-corrected chi connectivity index (χ3v) is 7.51. The molecule has 0 fully saturated rings. The number of ether oxygens (including phenoxy) is 2. The van der Waals surface area contributed by atoms with Crippen molar-refractivity contribution in [3.05, 3.63) is 82.0 Å². The average Bonchev–Trinajstić information content (AvgIpc) is 2.76. The van der Waals surface area contributed by atoms with E-state index in [-0.39, 0.29) is 0 Å². The van der Waals surface area contributed by atoms with Crippen LogP contribution in [-0.4, -0.2) is 0 Å². The van der Waals surface area contributed by atoms with E-state index in [1.54, 1.807) is 0 Å². The van der Waals surface area contributed by atoms with Crippen LogP contribution in [0.25, 0.3) is 0 Å². The Morgan fingerprint density at radius 3 is 2.18 bits per heavy atom. The van der Waals surface area contributed by atoms with E-state index in [0.29, 0.717) is 0 Å². The molecule has 2 aliphatic carbocycles. The molecule has 0 spiro atoms. The van der Waals surface area contributed by atoms with Gasteiger partial charge in [-0.15, -0.1) is 0 Å². The summed E-state index contributed by atoms with van der Waals surface area (Å²) in [4.78, 5) is 5.33. The van der Waals surface area contributed by atoms with Gasteiger partial charge in [-0.1, -0.05) is 53.9 Å². The highest BCUT2D eigenvalue weighted by molar-refractivity contribution is 8.03. The molecule has 142 valence electrons. The number of allylic oxidation sites excluding steroid dienone is 5. The minimum Gasteiger partial charge on any atom is -0.460 e. The molecular formula is C24H22O2S2. The van der Waals surface area contributed by atoms with E-state index in [1.165, 1.54) is 44.6 Å². The average molecular weight is 407 g/mol. The number of hydrogen-bond donors (Lipinski definition) is 0. The highest BCUT2D eigenvalue weighted by Gasteiger charge is 2.22. The van der Waals surface area contributed by atoms with Crippen LogP contribution < -0.4 is 9.47 Å². The number of para-hydroxylation sites is 2. The van der Waals surface area contributed by atoms with E-state index in [0.717, 1.165) is 36.5 Å². The molecular weight excluding hydrogens is 384 g/mol. The number of thioether (sulfide) groups is 2. The molecule has 0 amide bonds. The molecule has 4 heteroatoms. The van der Waals surface area contributed by atoms with Gasteiger partial charge in [-0.05, 0) is 62.4 Å². The van der Waals surface area contributed by atoms with Crippen LogP contribution in [0.4, 0.5) is 0 Å². The Bertz CT molecular complexity index is 951. The van der Waals surface area contributed by atoms with Crippen LogP contribution >= 0.6 is 23.5 Å². The Morgan fingerprint density at radius 1 is 0.679 bits per heavy atom. The molecule has 4 aliphatic rings. The second-order valence-electron chi connectivity index (χ2n) is 7.08. The van der Waals surface area contributed by atoms with E-state index in [9.17, 15) is 0 Å². The first-order chi connectivity index (χ1) is 13.9. The van der Waals surface area contributed by atoms with Crippen molar-refractivity contribution in [3.63, 3.8) is 0 Å². The second-order valence-corrected chi connectivity index (χ2v) is 9.36. The Kier molecular flexibility index (Phi) is 5.24. The molecule has 28 heavy (non-hydrogen) atoms. The molecule has 0 unspecified atom stereocenters. The lowest BCUT2D eigenvalue weighted by Crippen LogP contribution is -2.08. The van der Waals surface area contributed by atoms with Gasteiger partial charge in [0, 0.05) is 16.2 Å². The Labute approximate surface area is 174 Å². The topological polar surface area (TPSA) is 18.5 Å². The molecule has 0 atom stereocenters. The van der Waals surface area contributed by atoms with E-state index in [4.69, 9.17) is 9.47 Å². The van der Waals surface area contributed by atoms with Gasteiger partial charge < -0.3 is 9.47 Å². The van der Waals surface area contributed by atoms with Gasteiger partial charge >= 0.3 is 0 Å². The quantitative estimate of drug-likeness (QED) is 0.446. The van der Waals surface area contributed by atoms with Crippen molar-refractivity contribution in [2.45, 2.75) is 48.3 Å². The molecule has 2 heterocycles. The fraction of sp³-hybridized carbons (Fsp3) is 0.250. The van der Waals surface area contributed by atoms with E-state index < -0.39 is 0 Å². The smallest absolute Gasteiger partial charge is 0.141 e. The van der Waals surface area contributed by atoms with Crippen LogP contribution in [0.5, 0.6) is 11.5 Å². The standard InChI is InChI=1S/C12H12OS.C12H10OS/c2*1-3-7-11-9(5-1)13-10-6-2-4-8-12(10)14-11/h1,3,5,7H,2,4,6,8H2;1-3,5-7H,4,8H2. The van der Waals surface area contributed by atoms with E-state index >= 15 is 0 Å². The molecule has 0 bridgehead atoms. The van der Waals surface area contributed by atoms with E-state index in [2.05, 4.69) is 42.5 Å². The lowest BCUT2D eigenvalue weighted by atomic mass is 10.1. The molecule has 2 nitrogen and oxygen atoms in total. The zero-order valence-corrected chi connectivity index (χ0v) is 17.3. The molecule has 0 N–H and O–H groups in total. The van der Waals surface area contributed by atoms with Crippen molar-refractivity contribution < 1.29 is 9.47 Å². The fourth-order valence-corrected chi connectivity index (χ4v) is 5.81. The summed E-state index contributed by atoms with van der Waals surface area (Å²) in [6.07, 6.45) is 11.4. The zero-order chi connectivity index (χ0) is 18.8. The predicted octanol–water partition coefficient (Wildman–Crippen LogP) is 7.69. The minimum atomic E-state index is 0.989. The summed E-state index contributed by atoms with van der Waals surface area (Å²) in [5.74, 6) is 4.29. The molecule has 2 aromatic rings. The van der Waals surface area contributed by atoms with Crippen molar-refractivity contribution in [2.24, 2.45) is 0 Å². The van der Waals surface area contributed by atoms with Crippen molar-refractivity contribution >= 4 is 23.5 Å². The molecule has 0 saturated carbocycles. The first-order valence-corrected chi connectivity index (χ1v) is 11.5. The first-order valence-electron chi connectivity index (χ1n) is 9.88. The minimum absolute atomic E-state index is 0.989. The summed E-state index contributed by atoms with van der Waals surface area (Å²) in [5, 5.41) is 0. The fourth-order valence-electron chi connectivity index (χ4n) is 3.63. The van der Waals surface area contributed by atoms with Crippen LogP contribution in [0.1, 0.15) is 38.5 Å². The van der Waals surface area contributed by atoms with E-state index in [1.807, 2.05) is 41.7 Å². The summed E-state index contributed by atoms with van der Waals surface area (Å²) in [6, 6.07) is 16.5. The van der Waals surface area contributed by atoms with Gasteiger partial charge in [0.05, 0.1) is 9.79 Å². The number of benzene rings is 2. The summed E-state index contributed by atoms with van der Waals surface area (Å²) in [5.41, 5.74) is 0. The maximum Gasteiger partial charge on any atom is 0.141 e. The van der Waals surface area contributed by atoms with Crippen molar-refractivity contribution in [3.8, 4) is 11.5 Å². The molecule has 2 aromatic carbocycles. The third-order valence-electron chi connectivity index (χ3n) is 5.07. The van der Waals surface area contributed by atoms with Gasteiger partial charge in [0.1, 0.15) is 23.0 Å². The summed E-state index contributed by atoms with van der Waals surface area (Å²) >= 11 is 3.74. The molecule has 0 aromatic heterocycles. The third kappa shape index (κ3) is 3.76. The van der Waals surface area contributed by atoms with Crippen LogP contribution in [0.15, 0.2) is 91.8 Å². The summed E-state index contributed by atoms with van der Waals surface area (Å²) < 4.78 is 11.7. The van der Waals surface area contributed by atoms with Gasteiger partial charge in [0.15, 0.2) is 0 Å². The molecule has 0 saturated heterocycles. The Hall–Kier alpha value is -2.04. The molecule has 6 rings (SSSR count). The normalized spacial score (nSPS) is 19.1. The first kappa shape index (κ1) is 18.0. The highest BCUT2D eigenvalue weighted by atomic mass is 32.2. The maximum atomic E-state index is 5.89. The number of rotatable bonds is 0. The van der Waals surface area contributed by atoms with Crippen molar-refractivity contribution in [1.82, 2.24) is 0 Å². The second kappa shape index (κ2) is 8.14. The Balaban J connectivity index is 0.000000122. The highest BCUT2D eigenvalue weighted by Crippen LogP contribution is 2.46. The van der Waals surface area contributed by atoms with Crippen LogP contribution in [-0.2, 0) is 0 Å². The maximum absolute atomic E-state index is 5.89. The largest absolute Gasteiger partial charge is 0.460 e. The zero-order valence-electron chi connectivity index (χ0n) is 15.6. The van der Waals surface area contributed by atoms with Gasteiger partial charge in [-0.25, -0.2) is 0 Å². The summed E-state index contributed by atoms with van der Waals surface area (Å²) in [7, 11) is 0. The number of fused-ring (bicyclic) bond motifs is 2. The van der Waals surface area contributed by atoms with Crippen LogP contribution in [0.3, 0.4) is 0 Å². The van der Waals surface area contributed by atoms with Gasteiger partial charge in [-0.3, -0.25) is 0 Å². The van der Waals surface area contributed by atoms with Crippen molar-refractivity contribution in [2.75, 3.05) is 0 Å². The predicted molar refractivity (Wildman–Crippen MR) is 117 cm³/mol. The lowest BCUT2D eigenvalue weighted by Gasteiger charge is -2.25. The monoisotopic (exact) mass is 406 g/mol. The molecule has 0 radical (unpaired) electrons. The summed E-state index contributed by atoms with van der Waals surface area (Å²) in [6.45, 7) is 0. The SMILES string of the molecule is C1=CC2=C(CC1)Sc1ccccc1O2.c1ccc2c(c1)OC1=C(CCCC1)S2. The van der Waals surface area contributed by atoms with Gasteiger partial charge in [0.2, 0.25) is 0 Å². The van der Waals surface area contributed by atoms with Gasteiger partial charge in [-0.2, -0.15) is 0 Å². The van der Waals surface area contributed by atoms with Gasteiger partial charge in [0.25, 0.3) is 0 Å². The van der Waals surface area contributed by atoms with Crippen molar-refractivity contribution in [1.29, 1.82) is 0 Å². The molecule has 2 aliphatic heterocycles. The van der Waals surface area contributed by atoms with Crippen LogP contribution in [0, 0.1) is 0 Å². The lowest BCUT2D eigenvalue weighted by molar-refractivity contribution is 0.369. The number of hydrogen-bond acceptors (Lipinski definition) is 4.